The lowest BCUT2D eigenvalue weighted by atomic mass is 9.98. The first-order valence-electron chi connectivity index (χ1n) is 18.2. The second-order valence-electron chi connectivity index (χ2n) is 13.7. The summed E-state index contributed by atoms with van der Waals surface area (Å²) in [6, 6.07) is 25.7. The molecule has 1 aliphatic rings. The van der Waals surface area contributed by atoms with Crippen LogP contribution in [0.2, 0.25) is 0 Å². The predicted octanol–water partition coefficient (Wildman–Crippen LogP) is 7.22. The number of hydrogen-bond acceptors (Lipinski definition) is 9. The van der Waals surface area contributed by atoms with Crippen molar-refractivity contribution in [1.82, 2.24) is 15.2 Å². The number of nitrogens with zero attached hydrogens (tertiary/aromatic N) is 2. The van der Waals surface area contributed by atoms with Crippen LogP contribution >= 0.6 is 0 Å². The van der Waals surface area contributed by atoms with Gasteiger partial charge in [-0.25, -0.2) is 14.6 Å². The molecule has 1 aromatic heterocycles. The molecule has 5 rings (SSSR count). The molecule has 2 N–H and O–H groups in total. The van der Waals surface area contributed by atoms with Gasteiger partial charge in [0.2, 0.25) is 0 Å². The van der Waals surface area contributed by atoms with E-state index in [0.717, 1.165) is 45.4 Å². The average Bonchev–Trinajstić information content (AvgIpc) is 3.47. The third kappa shape index (κ3) is 10.4. The van der Waals surface area contributed by atoms with E-state index in [2.05, 4.69) is 34.7 Å². The quantitative estimate of drug-likeness (QED) is 0.0734. The first kappa shape index (κ1) is 39.5. The first-order chi connectivity index (χ1) is 26.0. The van der Waals surface area contributed by atoms with Gasteiger partial charge in [0.25, 0.3) is 5.91 Å². The van der Waals surface area contributed by atoms with Crippen LogP contribution in [0.5, 0.6) is 0 Å². The minimum Gasteiger partial charge on any atom is -0.465 e. The summed E-state index contributed by atoms with van der Waals surface area (Å²) in [7, 11) is 0. The van der Waals surface area contributed by atoms with Gasteiger partial charge in [0, 0.05) is 30.8 Å². The van der Waals surface area contributed by atoms with Crippen LogP contribution in [0, 0.1) is 0 Å². The summed E-state index contributed by atoms with van der Waals surface area (Å²) in [5, 5.41) is 5.45. The molecule has 0 spiro atoms. The second kappa shape index (κ2) is 18.3. The van der Waals surface area contributed by atoms with Crippen LogP contribution < -0.4 is 10.6 Å². The van der Waals surface area contributed by atoms with Gasteiger partial charge in [-0.15, -0.1) is 0 Å². The van der Waals surface area contributed by atoms with E-state index in [0.29, 0.717) is 0 Å². The van der Waals surface area contributed by atoms with Gasteiger partial charge in [-0.3, -0.25) is 19.8 Å². The smallest absolute Gasteiger partial charge is 0.412 e. The molecule has 0 saturated heterocycles. The zero-order valence-corrected chi connectivity index (χ0v) is 31.5. The van der Waals surface area contributed by atoms with Gasteiger partial charge in [-0.2, -0.15) is 0 Å². The molecule has 0 unspecified atom stereocenters. The lowest BCUT2D eigenvalue weighted by molar-refractivity contribution is -0.144. The van der Waals surface area contributed by atoms with Gasteiger partial charge >= 0.3 is 18.2 Å². The molecule has 0 atom stereocenters. The maximum absolute atomic E-state index is 13.3. The molecule has 1 heterocycles. The van der Waals surface area contributed by atoms with E-state index < -0.39 is 29.7 Å². The lowest BCUT2D eigenvalue weighted by Gasteiger charge is -2.23. The zero-order valence-electron chi connectivity index (χ0n) is 31.5. The van der Waals surface area contributed by atoms with Gasteiger partial charge in [0.05, 0.1) is 25.5 Å². The molecule has 0 bridgehead atoms. The Bertz CT molecular complexity index is 1910. The molecule has 54 heavy (non-hydrogen) atoms. The topological polar surface area (TPSA) is 145 Å². The number of nitrogens with one attached hydrogen (secondary N) is 2. The molecule has 0 saturated carbocycles. The maximum Gasteiger partial charge on any atom is 0.412 e. The largest absolute Gasteiger partial charge is 0.465 e. The van der Waals surface area contributed by atoms with Crippen LogP contribution in [0.25, 0.3) is 22.3 Å². The van der Waals surface area contributed by atoms with Crippen molar-refractivity contribution >= 4 is 29.8 Å². The van der Waals surface area contributed by atoms with E-state index in [1.807, 2.05) is 60.7 Å². The Morgan fingerprint density at radius 1 is 0.833 bits per heavy atom. The number of hydrogen-bond donors (Lipinski definition) is 2. The highest BCUT2D eigenvalue weighted by Crippen LogP contribution is 2.44. The number of aryl methyl sites for hydroxylation is 1. The Balaban J connectivity index is 1.17. The molecule has 1 aliphatic carbocycles. The molecule has 0 fully saturated rings. The van der Waals surface area contributed by atoms with Crippen LogP contribution in [0.3, 0.4) is 0 Å². The maximum atomic E-state index is 13.3. The molecule has 284 valence electrons. The van der Waals surface area contributed by atoms with Crippen molar-refractivity contribution in [2.24, 2.45) is 0 Å². The van der Waals surface area contributed by atoms with Crippen LogP contribution in [-0.2, 0) is 30.2 Å². The monoisotopic (exact) mass is 736 g/mol. The summed E-state index contributed by atoms with van der Waals surface area (Å²) in [4.78, 5) is 57.3. The predicted molar refractivity (Wildman–Crippen MR) is 205 cm³/mol. The number of esters is 1. The van der Waals surface area contributed by atoms with E-state index >= 15 is 0 Å². The van der Waals surface area contributed by atoms with Gasteiger partial charge in [0.1, 0.15) is 18.8 Å². The van der Waals surface area contributed by atoms with Crippen molar-refractivity contribution < 1.29 is 38.1 Å². The Hall–Kier alpha value is -5.75. The SMILES string of the molecule is CCOC(=O)CN(CCOCCNC(=O)c1ncc(-c2cccc(CC)c2)cc1NC(=O)OC(C)(C)C)C(=O)OCC1c2ccccc2-c2ccccc21. The highest BCUT2D eigenvalue weighted by molar-refractivity contribution is 6.01. The third-order valence-electron chi connectivity index (χ3n) is 8.66. The van der Waals surface area contributed by atoms with Gasteiger partial charge < -0.3 is 24.3 Å². The van der Waals surface area contributed by atoms with Crippen LogP contribution in [-0.4, -0.2) is 85.6 Å². The number of pyridine rings is 1. The van der Waals surface area contributed by atoms with Crippen LogP contribution in [0.4, 0.5) is 15.3 Å². The van der Waals surface area contributed by atoms with Crippen molar-refractivity contribution in [2.75, 3.05) is 51.4 Å². The lowest BCUT2D eigenvalue weighted by Crippen LogP contribution is -2.40. The van der Waals surface area contributed by atoms with Crippen molar-refractivity contribution in [3.8, 4) is 22.3 Å². The summed E-state index contributed by atoms with van der Waals surface area (Å²) < 4.78 is 22.0. The Labute approximate surface area is 316 Å². The first-order valence-corrected chi connectivity index (χ1v) is 18.2. The number of amides is 3. The highest BCUT2D eigenvalue weighted by atomic mass is 16.6. The van der Waals surface area contributed by atoms with E-state index in [9.17, 15) is 19.2 Å². The Kier molecular flexibility index (Phi) is 13.4. The van der Waals surface area contributed by atoms with Gasteiger partial charge in [-0.05, 0) is 73.6 Å². The van der Waals surface area contributed by atoms with E-state index in [1.165, 1.54) is 4.90 Å². The number of ether oxygens (including phenoxy) is 4. The van der Waals surface area contributed by atoms with Crippen molar-refractivity contribution in [1.29, 1.82) is 0 Å². The van der Waals surface area contributed by atoms with Crippen LogP contribution in [0.15, 0.2) is 85.1 Å². The fourth-order valence-corrected chi connectivity index (χ4v) is 6.16. The normalized spacial score (nSPS) is 11.9. The number of carbonyl (C=O) groups excluding carboxylic acids is 4. The molecular formula is C42H48N4O8. The molecule has 4 aromatic rings. The number of fused-ring (bicyclic) bond motifs is 3. The average molecular weight is 737 g/mol. The van der Waals surface area contributed by atoms with Gasteiger partial charge in [0.15, 0.2) is 5.69 Å². The van der Waals surface area contributed by atoms with Gasteiger partial charge in [-0.1, -0.05) is 79.7 Å². The summed E-state index contributed by atoms with van der Waals surface area (Å²) in [6.45, 7) is 9.29. The van der Waals surface area contributed by atoms with E-state index in [-0.39, 0.29) is 63.4 Å². The summed E-state index contributed by atoms with van der Waals surface area (Å²) in [6.07, 6.45) is 1.06. The summed E-state index contributed by atoms with van der Waals surface area (Å²) in [5.74, 6) is -1.23. The van der Waals surface area contributed by atoms with Crippen molar-refractivity contribution in [2.45, 2.75) is 52.6 Å². The minimum absolute atomic E-state index is 0.00659. The second-order valence-corrected chi connectivity index (χ2v) is 13.7. The summed E-state index contributed by atoms with van der Waals surface area (Å²) in [5.41, 5.74) is 6.58. The molecule has 0 radical (unpaired) electrons. The van der Waals surface area contributed by atoms with E-state index in [1.54, 1.807) is 40.0 Å². The molecular weight excluding hydrogens is 688 g/mol. The standard InChI is InChI=1S/C42H48N4O8/c1-6-28-13-12-14-29(23-28)30-24-36(45-40(49)54-42(3,4)5)38(44-25-30)39(48)43-19-21-51-22-20-46(26-37(47)52-7-2)41(50)53-27-35-33-17-10-8-15-31(33)32-16-9-11-18-34(32)35/h8-18,23-25,35H,6-7,19-22,26-27H2,1-5H3,(H,43,48)(H,45,49). The van der Waals surface area contributed by atoms with Crippen LogP contribution in [0.1, 0.15) is 67.7 Å². The number of aromatic nitrogens is 1. The highest BCUT2D eigenvalue weighted by Gasteiger charge is 2.30. The minimum atomic E-state index is -0.749. The zero-order chi connectivity index (χ0) is 38.7. The molecule has 3 amide bonds. The van der Waals surface area contributed by atoms with Crippen molar-refractivity contribution in [3.05, 3.63) is 107 Å². The fourth-order valence-electron chi connectivity index (χ4n) is 6.16. The number of carbonyl (C=O) groups is 4. The fraction of sp³-hybridized carbons (Fsp3) is 0.357. The van der Waals surface area contributed by atoms with E-state index in [4.69, 9.17) is 18.9 Å². The Morgan fingerprint density at radius 3 is 2.20 bits per heavy atom. The molecule has 3 aromatic carbocycles. The number of anilines is 1. The molecule has 12 nitrogen and oxygen atoms in total. The third-order valence-corrected chi connectivity index (χ3v) is 8.66. The number of rotatable bonds is 15. The summed E-state index contributed by atoms with van der Waals surface area (Å²) >= 11 is 0. The van der Waals surface area contributed by atoms with Crippen molar-refractivity contribution in [3.63, 3.8) is 0 Å². The molecule has 12 heteroatoms. The Morgan fingerprint density at radius 2 is 1.54 bits per heavy atom. The molecule has 0 aliphatic heterocycles. The number of benzene rings is 3.